The molecule has 1 aliphatic heterocycles. The first-order chi connectivity index (χ1) is 19.5. The molecule has 1 aliphatic carbocycles. The van der Waals surface area contributed by atoms with Crippen LogP contribution in [0.15, 0.2) is 72.8 Å². The van der Waals surface area contributed by atoms with Crippen molar-refractivity contribution in [1.29, 1.82) is 0 Å². The molecule has 2 bridgehead atoms. The minimum absolute atomic E-state index is 0.273. The Hall–Kier alpha value is -3.64. The molecule has 6 nitrogen and oxygen atoms in total. The Balaban J connectivity index is 1.37. The monoisotopic (exact) mass is 540 g/mol. The van der Waals surface area contributed by atoms with Crippen LogP contribution in [0.5, 0.6) is 5.75 Å². The Kier molecular flexibility index (Phi) is 9.50. The van der Waals surface area contributed by atoms with Crippen LogP contribution in [-0.2, 0) is 24.2 Å². The lowest BCUT2D eigenvalue weighted by atomic mass is 9.99. The van der Waals surface area contributed by atoms with Crippen LogP contribution in [0, 0.1) is 5.92 Å². The number of carbonyl (C=O) groups excluding carboxylic acids is 1. The highest BCUT2D eigenvalue weighted by molar-refractivity contribution is 5.96. The number of hydrogen-bond acceptors (Lipinski definition) is 4. The summed E-state index contributed by atoms with van der Waals surface area (Å²) in [7, 11) is 0. The summed E-state index contributed by atoms with van der Waals surface area (Å²) in [4.78, 5) is 29.2. The number of rotatable bonds is 8. The average molecular weight is 541 g/mol. The minimum atomic E-state index is -1.02. The van der Waals surface area contributed by atoms with Crippen LogP contribution in [0.1, 0.15) is 64.7 Å². The van der Waals surface area contributed by atoms with E-state index in [1.165, 1.54) is 41.8 Å². The lowest BCUT2D eigenvalue weighted by Crippen LogP contribution is -2.37. The topological polar surface area (TPSA) is 70.1 Å². The summed E-state index contributed by atoms with van der Waals surface area (Å²) in [6.45, 7) is 3.93. The molecule has 1 fully saturated rings. The molecule has 1 amide bonds. The van der Waals surface area contributed by atoms with Gasteiger partial charge in [-0.1, -0.05) is 54.6 Å². The van der Waals surface area contributed by atoms with E-state index in [2.05, 4.69) is 29.2 Å². The van der Waals surface area contributed by atoms with E-state index in [1.807, 2.05) is 42.5 Å². The van der Waals surface area contributed by atoms with Crippen molar-refractivity contribution in [3.63, 3.8) is 0 Å². The lowest BCUT2D eigenvalue weighted by molar-refractivity contribution is -0.137. The largest absolute Gasteiger partial charge is 0.493 e. The van der Waals surface area contributed by atoms with Crippen LogP contribution < -0.4 is 4.74 Å². The quantitative estimate of drug-likeness (QED) is 0.390. The van der Waals surface area contributed by atoms with Crippen molar-refractivity contribution >= 4 is 11.9 Å². The summed E-state index contributed by atoms with van der Waals surface area (Å²) >= 11 is 0. The van der Waals surface area contributed by atoms with Crippen molar-refractivity contribution in [2.45, 2.75) is 51.5 Å². The summed E-state index contributed by atoms with van der Waals surface area (Å²) in [5.74, 6) is 0.366. The second kappa shape index (κ2) is 13.6. The van der Waals surface area contributed by atoms with Crippen molar-refractivity contribution in [1.82, 2.24) is 9.80 Å². The van der Waals surface area contributed by atoms with Gasteiger partial charge >= 0.3 is 5.97 Å². The minimum Gasteiger partial charge on any atom is -0.493 e. The molecule has 5 rings (SSSR count). The van der Waals surface area contributed by atoms with Crippen LogP contribution in [0.3, 0.4) is 0 Å². The van der Waals surface area contributed by atoms with E-state index in [0.717, 1.165) is 48.7 Å². The molecule has 6 heteroatoms. The molecule has 0 unspecified atom stereocenters. The van der Waals surface area contributed by atoms with Gasteiger partial charge in [0, 0.05) is 31.6 Å². The summed E-state index contributed by atoms with van der Waals surface area (Å²) in [5, 5.41) is 9.52. The van der Waals surface area contributed by atoms with E-state index in [4.69, 9.17) is 4.74 Å². The molecular formula is C34H40N2O4. The molecule has 0 aromatic heterocycles. The van der Waals surface area contributed by atoms with Gasteiger partial charge in [-0.2, -0.15) is 0 Å². The molecule has 0 saturated heterocycles. The maximum absolute atomic E-state index is 13.6. The highest BCUT2D eigenvalue weighted by atomic mass is 16.5. The summed E-state index contributed by atoms with van der Waals surface area (Å²) in [6.07, 6.45) is 7.25. The Labute approximate surface area is 237 Å². The molecule has 3 aromatic rings. The van der Waals surface area contributed by atoms with E-state index in [0.29, 0.717) is 31.6 Å². The first-order valence-electron chi connectivity index (χ1n) is 14.6. The Morgan fingerprint density at radius 1 is 0.925 bits per heavy atom. The van der Waals surface area contributed by atoms with Gasteiger partial charge in [0.2, 0.25) is 0 Å². The molecule has 1 heterocycles. The van der Waals surface area contributed by atoms with Gasteiger partial charge in [0.15, 0.2) is 0 Å². The third-order valence-corrected chi connectivity index (χ3v) is 7.82. The van der Waals surface area contributed by atoms with Crippen molar-refractivity contribution in [3.05, 3.63) is 101 Å². The number of nitrogens with zero attached hydrogens (tertiary/aromatic N) is 2. The Morgan fingerprint density at radius 2 is 1.75 bits per heavy atom. The molecule has 40 heavy (non-hydrogen) atoms. The second-order valence-corrected chi connectivity index (χ2v) is 11.3. The number of benzene rings is 3. The number of aliphatic carboxylic acids is 1. The smallest absolute Gasteiger partial charge is 0.323 e. The van der Waals surface area contributed by atoms with Crippen LogP contribution in [0.4, 0.5) is 0 Å². The van der Waals surface area contributed by atoms with Crippen LogP contribution in [0.25, 0.3) is 0 Å². The predicted octanol–water partition coefficient (Wildman–Crippen LogP) is 5.82. The molecule has 0 radical (unpaired) electrons. The molecule has 1 N–H and O–H groups in total. The number of hydrogen-bond donors (Lipinski definition) is 1. The molecular weight excluding hydrogens is 500 g/mol. The maximum atomic E-state index is 13.6. The van der Waals surface area contributed by atoms with E-state index in [-0.39, 0.29) is 12.5 Å². The van der Waals surface area contributed by atoms with Crippen molar-refractivity contribution in [3.8, 4) is 5.75 Å². The molecule has 0 atom stereocenters. The van der Waals surface area contributed by atoms with Gasteiger partial charge in [-0.05, 0) is 91.4 Å². The van der Waals surface area contributed by atoms with Crippen LogP contribution in [0.2, 0.25) is 0 Å². The highest BCUT2D eigenvalue weighted by Gasteiger charge is 2.24. The summed E-state index contributed by atoms with van der Waals surface area (Å²) in [6, 6.07) is 24.1. The fraction of sp³-hybridized carbons (Fsp3) is 0.412. The zero-order valence-corrected chi connectivity index (χ0v) is 23.3. The number of carbonyl (C=O) groups is 2. The maximum Gasteiger partial charge on any atom is 0.323 e. The van der Waals surface area contributed by atoms with Gasteiger partial charge in [-0.25, -0.2) is 0 Å². The highest BCUT2D eigenvalue weighted by Crippen LogP contribution is 2.31. The molecule has 210 valence electrons. The van der Waals surface area contributed by atoms with Crippen molar-refractivity contribution < 1.29 is 19.4 Å². The molecule has 1 saturated carbocycles. The number of ether oxygens (including phenoxy) is 1. The van der Waals surface area contributed by atoms with Gasteiger partial charge in [-0.15, -0.1) is 0 Å². The van der Waals surface area contributed by atoms with Gasteiger partial charge < -0.3 is 14.7 Å². The third kappa shape index (κ3) is 8.18. The van der Waals surface area contributed by atoms with Gasteiger partial charge in [0.1, 0.15) is 12.3 Å². The normalized spacial score (nSPS) is 16.3. The van der Waals surface area contributed by atoms with E-state index < -0.39 is 5.97 Å². The third-order valence-electron chi connectivity index (χ3n) is 7.82. The zero-order chi connectivity index (χ0) is 27.7. The van der Waals surface area contributed by atoms with Gasteiger partial charge in [0.25, 0.3) is 5.91 Å². The number of amides is 1. The van der Waals surface area contributed by atoms with Crippen LogP contribution in [-0.4, -0.2) is 59.6 Å². The summed E-state index contributed by atoms with van der Waals surface area (Å²) < 4.78 is 6.24. The Bertz CT molecular complexity index is 1290. The standard InChI is InChI=1S/C34H40N2O4/c37-33(38)25-36(18-16-26-8-3-1-4-9-26)34(39)30-14-15-32-31(22-30)21-28-10-7-11-29(20-28)24-35(23-27-12-13-27)17-5-2-6-19-40-32/h1,3-4,7-11,14-15,20,22,27H,2,5-6,12-13,16-19,21,23-25H2,(H,37,38). The fourth-order valence-corrected chi connectivity index (χ4v) is 5.51. The fourth-order valence-electron chi connectivity index (χ4n) is 5.51. The van der Waals surface area contributed by atoms with E-state index in [9.17, 15) is 14.7 Å². The van der Waals surface area contributed by atoms with Crippen LogP contribution >= 0.6 is 0 Å². The molecule has 0 spiro atoms. The first kappa shape index (κ1) is 27.9. The zero-order valence-electron chi connectivity index (χ0n) is 23.3. The van der Waals surface area contributed by atoms with Gasteiger partial charge in [-0.3, -0.25) is 14.5 Å². The number of carboxylic acids is 1. The first-order valence-corrected chi connectivity index (χ1v) is 14.6. The lowest BCUT2D eigenvalue weighted by Gasteiger charge is -2.23. The molecule has 2 aliphatic rings. The molecule has 3 aromatic carbocycles. The summed E-state index contributed by atoms with van der Waals surface area (Å²) in [5.41, 5.74) is 5.01. The Morgan fingerprint density at radius 3 is 2.55 bits per heavy atom. The number of fused-ring (bicyclic) bond motifs is 3. The average Bonchev–Trinajstić information content (AvgIpc) is 3.77. The SMILES string of the molecule is O=C(O)CN(CCc1ccccc1)C(=O)c1ccc2c(c1)Cc1cccc(c1)CN(CC1CC1)CCCCCO2. The predicted molar refractivity (Wildman–Crippen MR) is 157 cm³/mol. The second-order valence-electron chi connectivity index (χ2n) is 11.3. The van der Waals surface area contributed by atoms with E-state index in [1.54, 1.807) is 6.07 Å². The number of carboxylic acid groups (broad SMARTS) is 1. The van der Waals surface area contributed by atoms with Crippen molar-refractivity contribution in [2.75, 3.05) is 32.8 Å². The van der Waals surface area contributed by atoms with E-state index >= 15 is 0 Å². The van der Waals surface area contributed by atoms with Crippen molar-refractivity contribution in [2.24, 2.45) is 5.92 Å². The van der Waals surface area contributed by atoms with Gasteiger partial charge in [0.05, 0.1) is 6.61 Å².